The smallest absolute Gasteiger partial charge is 0.330 e. The standard InChI is InChI=1S/C19H35BN3O6PS.C18H31BN3O6PS/c1-12(2)21-7-6-14(4)28-30(5)29-15-8-17(27-16(15)10-26-31-11-20)23-9-13(3)18(24)22-19(23)25;1-11(2)22-6-5-13(4)27-29(22)28-14-7-16(26-15(14)9-25-30-10-19)21-8-12(3)17(23)20-18(21)24/h9,12,14-17,21H,6-8,10-11,20H2,1-5H3,(H,22,24,25);8,11,13-16H,5-7,9-10,19H2,1-4H3,(H,20,23,24)/t14-,15?,16?,17?,30?;/m1./s1/i20TD;19TD. The van der Waals surface area contributed by atoms with Crippen molar-refractivity contribution in [3.8, 4) is 0 Å². The van der Waals surface area contributed by atoms with E-state index in [1.54, 1.807) is 13.8 Å². The molecule has 0 aliphatic carbocycles. The summed E-state index contributed by atoms with van der Waals surface area (Å²) in [5.74, 6) is 0. The predicted octanol–water partition coefficient (Wildman–Crippen LogP) is 3.03. The third-order valence-corrected chi connectivity index (χ3v) is 14.0. The molecule has 61 heavy (non-hydrogen) atoms. The van der Waals surface area contributed by atoms with E-state index in [2.05, 4.69) is 47.7 Å². The maximum Gasteiger partial charge on any atom is 0.330 e. The van der Waals surface area contributed by atoms with Crippen molar-refractivity contribution < 1.29 is 35.9 Å². The first kappa shape index (κ1) is 46.2. The summed E-state index contributed by atoms with van der Waals surface area (Å²) in [6.07, 6.45) is 2.72. The van der Waals surface area contributed by atoms with E-state index in [0.29, 0.717) is 30.0 Å². The van der Waals surface area contributed by atoms with Crippen molar-refractivity contribution in [1.82, 2.24) is 29.1 Å². The fourth-order valence-electron chi connectivity index (χ4n) is 6.60. The van der Waals surface area contributed by atoms with Gasteiger partial charge in [0.15, 0.2) is 8.38 Å². The minimum absolute atomic E-state index is 0.0197. The zero-order chi connectivity index (χ0) is 48.0. The molecule has 0 amide bonds. The number of ether oxygens (including phenoxy) is 2. The first-order valence-electron chi connectivity index (χ1n) is 22.9. The molecule has 344 valence electrons. The molecule has 3 aliphatic heterocycles. The van der Waals surface area contributed by atoms with Gasteiger partial charge in [0, 0.05) is 61.7 Å². The highest BCUT2D eigenvalue weighted by Crippen LogP contribution is 2.52. The van der Waals surface area contributed by atoms with Gasteiger partial charge < -0.3 is 41.3 Å². The molecule has 3 fully saturated rings. The van der Waals surface area contributed by atoms with E-state index in [1.807, 2.05) is 20.5 Å². The lowest BCUT2D eigenvalue weighted by Crippen LogP contribution is -2.38. The molecule has 3 N–H and O–H groups in total. The SMILES string of the molecule is [2H]B([3H])CSOCC1OC(n2cc(C)c(=O)[nH]c2=O)CC1OP(C)O[C@H](C)CCNC(C)C.[2H]B([3H])CSOCC1OC(n2cc(C)c(=O)[nH]c2=O)CC1OP1OC(C)CCN1C(C)C. The second-order valence-corrected chi connectivity index (χ2v) is 19.9. The zero-order valence-electron chi connectivity index (χ0n) is 40.6. The largest absolute Gasteiger partial charge is 0.349 e. The Bertz CT molecular complexity index is 2000. The second kappa shape index (κ2) is 26.0. The highest BCUT2D eigenvalue weighted by atomic mass is 32.2. The van der Waals surface area contributed by atoms with Gasteiger partial charge in [0.1, 0.15) is 40.2 Å². The molecule has 2 aromatic heterocycles. The molecule has 18 nitrogen and oxygen atoms in total. The molecule has 2 aromatic rings. The van der Waals surface area contributed by atoms with Gasteiger partial charge in [-0.1, -0.05) is 13.8 Å². The third kappa shape index (κ3) is 16.2. The fourth-order valence-corrected chi connectivity index (χ4v) is 10.3. The number of nitrogens with zero attached hydrogens (tertiary/aromatic N) is 3. The third-order valence-electron chi connectivity index (χ3n) is 9.82. The Labute approximate surface area is 377 Å². The van der Waals surface area contributed by atoms with Crippen molar-refractivity contribution in [2.45, 2.75) is 142 Å². The van der Waals surface area contributed by atoms with E-state index >= 15 is 0 Å². The van der Waals surface area contributed by atoms with Crippen LogP contribution in [0.1, 0.15) is 90.8 Å². The Morgan fingerprint density at radius 3 is 2.02 bits per heavy atom. The molecule has 3 saturated heterocycles. The lowest BCUT2D eigenvalue weighted by atomic mass is 10.2. The summed E-state index contributed by atoms with van der Waals surface area (Å²) in [6, 6.07) is 0.677. The lowest BCUT2D eigenvalue weighted by Gasteiger charge is -2.40. The summed E-state index contributed by atoms with van der Waals surface area (Å²) in [5, 5.41) is 3.37. The Kier molecular flexibility index (Phi) is 19.7. The van der Waals surface area contributed by atoms with Crippen LogP contribution in [0.2, 0.25) is 0 Å². The Morgan fingerprint density at radius 2 is 1.49 bits per heavy atom. The van der Waals surface area contributed by atoms with Gasteiger partial charge in [-0.05, 0) is 102 Å². The normalized spacial score (nSPS) is 27.5. The first-order chi connectivity index (χ1) is 30.7. The summed E-state index contributed by atoms with van der Waals surface area (Å²) in [7, 11) is -4.46. The average Bonchev–Trinajstić information content (AvgIpc) is 3.80. The van der Waals surface area contributed by atoms with Crippen molar-refractivity contribution in [3.63, 3.8) is 0 Å². The molecule has 24 heteroatoms. The van der Waals surface area contributed by atoms with Crippen LogP contribution in [0.4, 0.5) is 0 Å². The van der Waals surface area contributed by atoms with Crippen LogP contribution in [-0.2, 0) is 35.9 Å². The van der Waals surface area contributed by atoms with Crippen LogP contribution in [0, 0.1) is 13.8 Å². The van der Waals surface area contributed by atoms with E-state index in [4.69, 9.17) is 41.3 Å². The quantitative estimate of drug-likeness (QED) is 0.0636. The fraction of sp³-hybridized carbons (Fsp3) is 0.784. The molecule has 5 heterocycles. The summed E-state index contributed by atoms with van der Waals surface area (Å²) >= 11 is 2.08. The molecule has 3 aliphatic rings. The molecule has 0 saturated carbocycles. The van der Waals surface area contributed by atoms with E-state index < -0.39 is 79.6 Å². The molecule has 9 unspecified atom stereocenters. The number of nitrogens with one attached hydrogen (secondary N) is 3. The van der Waals surface area contributed by atoms with E-state index in [9.17, 15) is 19.2 Å². The molecule has 0 spiro atoms. The first-order valence-corrected chi connectivity index (χ1v) is 25.1. The monoisotopic (exact) mass is 940 g/mol. The number of hydrogen-bond donors (Lipinski definition) is 3. The van der Waals surface area contributed by atoms with Crippen molar-refractivity contribution in [1.29, 1.82) is 5.34 Å². The van der Waals surface area contributed by atoms with Crippen molar-refractivity contribution in [3.05, 3.63) is 65.2 Å². The molecular formula is C37H66B2N6O12P2S2. The number of rotatable bonds is 23. The minimum atomic E-state index is -1.30. The van der Waals surface area contributed by atoms with Crippen molar-refractivity contribution in [2.75, 3.05) is 44.3 Å². The van der Waals surface area contributed by atoms with Gasteiger partial charge >= 0.3 is 11.4 Å². The Balaban J connectivity index is 0.000000285. The van der Waals surface area contributed by atoms with E-state index in [1.165, 1.54) is 21.5 Å². The number of aromatic amines is 2. The molecule has 0 radical (unpaired) electrons. The molecule has 5 rings (SSSR count). The summed E-state index contributed by atoms with van der Waals surface area (Å²) in [5.41, 5.74) is -0.674. The van der Waals surface area contributed by atoms with Crippen LogP contribution in [0.3, 0.4) is 0 Å². The van der Waals surface area contributed by atoms with Crippen molar-refractivity contribution in [2.24, 2.45) is 0 Å². The number of aromatic nitrogens is 4. The highest BCUT2D eigenvalue weighted by molar-refractivity contribution is 7.95. The zero-order valence-corrected chi connectivity index (χ0v) is 40.0. The number of aryl methyl sites for hydroxylation is 2. The van der Waals surface area contributed by atoms with E-state index in [-0.39, 0.29) is 55.0 Å². The molecule has 0 aromatic carbocycles. The van der Waals surface area contributed by atoms with Crippen LogP contribution >= 0.6 is 41.0 Å². The highest BCUT2D eigenvalue weighted by Gasteiger charge is 2.43. The Hall–Kier alpha value is -1.35. The van der Waals surface area contributed by atoms with Gasteiger partial charge in [-0.2, -0.15) is 0 Å². The molecular weight excluding hydrogens is 868 g/mol. The summed E-state index contributed by atoms with van der Waals surface area (Å²) < 4.78 is 82.1. The van der Waals surface area contributed by atoms with Crippen LogP contribution < -0.4 is 27.8 Å². The minimum Gasteiger partial charge on any atom is -0.349 e. The summed E-state index contributed by atoms with van der Waals surface area (Å²) in [6.45, 7) is 19.7. The van der Waals surface area contributed by atoms with Gasteiger partial charge in [0.25, 0.3) is 19.6 Å². The number of hydrogen-bond acceptors (Lipinski definition) is 16. The molecule has 0 bridgehead atoms. The van der Waals surface area contributed by atoms with Gasteiger partial charge in [0.05, 0.1) is 37.6 Å². The van der Waals surface area contributed by atoms with Crippen LogP contribution in [0.15, 0.2) is 31.6 Å². The second-order valence-electron chi connectivity index (χ2n) is 15.6. The van der Waals surface area contributed by atoms with Gasteiger partial charge in [-0.15, -0.1) is 0 Å². The molecule has 10 atom stereocenters. The average molecular weight is 941 g/mol. The predicted molar refractivity (Wildman–Crippen MR) is 248 cm³/mol. The number of H-pyrrole nitrogens is 2. The Morgan fingerprint density at radius 1 is 0.951 bits per heavy atom. The lowest BCUT2D eigenvalue weighted by molar-refractivity contribution is -0.0377. The van der Waals surface area contributed by atoms with Crippen LogP contribution in [0.25, 0.3) is 0 Å². The van der Waals surface area contributed by atoms with Crippen LogP contribution in [-0.4, -0.2) is 138 Å². The topological polar surface area (TPSA) is 199 Å². The van der Waals surface area contributed by atoms with Crippen LogP contribution in [0.5, 0.6) is 0 Å². The van der Waals surface area contributed by atoms with E-state index in [0.717, 1.165) is 50.0 Å². The summed E-state index contributed by atoms with van der Waals surface area (Å²) in [4.78, 5) is 52.8. The maximum absolute atomic E-state index is 12.4. The van der Waals surface area contributed by atoms with Gasteiger partial charge in [-0.25, -0.2) is 14.3 Å². The maximum atomic E-state index is 12.4. The van der Waals surface area contributed by atoms with Gasteiger partial charge in [-0.3, -0.25) is 28.7 Å². The van der Waals surface area contributed by atoms with Crippen molar-refractivity contribution >= 4 is 56.5 Å². The van der Waals surface area contributed by atoms with Gasteiger partial charge in [0.2, 0.25) is 0 Å².